The van der Waals surface area contributed by atoms with E-state index < -0.39 is 0 Å². The van der Waals surface area contributed by atoms with Crippen LogP contribution in [0.15, 0.2) is 0 Å². The molecule has 0 aliphatic rings. The monoisotopic (exact) mass is 731 g/mol. The lowest BCUT2D eigenvalue weighted by atomic mass is 9.88. The first-order chi connectivity index (χ1) is 25.6. The molecule has 52 heavy (non-hydrogen) atoms. The highest BCUT2D eigenvalue weighted by Crippen LogP contribution is 2.22. The van der Waals surface area contributed by atoms with Crippen molar-refractivity contribution in [2.75, 3.05) is 0 Å². The van der Waals surface area contributed by atoms with Crippen LogP contribution in [0.5, 0.6) is 0 Å². The van der Waals surface area contributed by atoms with Crippen LogP contribution in [-0.4, -0.2) is 5.78 Å². The molecule has 0 spiro atoms. The molecule has 0 N–H and O–H groups in total. The average Bonchev–Trinajstić information content (AvgIpc) is 3.15. The Morgan fingerprint density at radius 2 is 0.385 bits per heavy atom. The summed E-state index contributed by atoms with van der Waals surface area (Å²) in [6.45, 7) is 9.01. The number of hydrogen-bond donors (Lipinski definition) is 0. The maximum atomic E-state index is 12.9. The highest BCUT2D eigenvalue weighted by molar-refractivity contribution is 5.82. The van der Waals surface area contributed by atoms with E-state index in [4.69, 9.17) is 0 Å². The Balaban J connectivity index is 3.34. The van der Waals surface area contributed by atoms with E-state index in [1.807, 2.05) is 0 Å². The number of carbonyl (C=O) groups is 1. The normalized spacial score (nSPS) is 12.8. The summed E-state index contributed by atoms with van der Waals surface area (Å²) < 4.78 is 0. The number of hydrogen-bond acceptors (Lipinski definition) is 1. The van der Waals surface area contributed by atoms with E-state index in [0.29, 0.717) is 5.78 Å². The van der Waals surface area contributed by atoms with Gasteiger partial charge in [0.1, 0.15) is 5.78 Å². The molecule has 0 amide bonds. The van der Waals surface area contributed by atoms with Gasteiger partial charge in [0.25, 0.3) is 0 Å². The van der Waals surface area contributed by atoms with E-state index in [0.717, 1.165) is 12.8 Å². The van der Waals surface area contributed by atoms with Gasteiger partial charge >= 0.3 is 0 Å². The van der Waals surface area contributed by atoms with E-state index in [-0.39, 0.29) is 11.8 Å². The largest absolute Gasteiger partial charge is 0.299 e. The maximum absolute atomic E-state index is 12.9. The van der Waals surface area contributed by atoms with E-state index in [1.165, 1.54) is 270 Å². The summed E-state index contributed by atoms with van der Waals surface area (Å²) in [6, 6.07) is 0. The van der Waals surface area contributed by atoms with Crippen molar-refractivity contribution in [3.05, 3.63) is 0 Å². The molecule has 312 valence electrons. The molecule has 0 heterocycles. The lowest BCUT2D eigenvalue weighted by molar-refractivity contribution is -0.126. The Morgan fingerprint density at radius 3 is 0.538 bits per heavy atom. The SMILES string of the molecule is CCCCCCCCCCCCCCCCCCCCCCCC(C)C(=O)C(C)CCCCCCCCCCCCCCCCCCCCCCC. The molecule has 1 nitrogen and oxygen atoms in total. The van der Waals surface area contributed by atoms with Crippen LogP contribution >= 0.6 is 0 Å². The summed E-state index contributed by atoms with van der Waals surface area (Å²) in [7, 11) is 0. The van der Waals surface area contributed by atoms with Crippen LogP contribution < -0.4 is 0 Å². The fourth-order valence-corrected chi connectivity index (χ4v) is 8.54. The van der Waals surface area contributed by atoms with Crippen LogP contribution in [0.1, 0.15) is 310 Å². The van der Waals surface area contributed by atoms with Gasteiger partial charge in [-0.05, 0) is 12.8 Å². The molecule has 0 aliphatic heterocycles. The van der Waals surface area contributed by atoms with Gasteiger partial charge in [-0.1, -0.05) is 297 Å². The molecular formula is C51H102O. The van der Waals surface area contributed by atoms with Gasteiger partial charge in [0.15, 0.2) is 0 Å². The van der Waals surface area contributed by atoms with Crippen LogP contribution in [-0.2, 0) is 4.79 Å². The van der Waals surface area contributed by atoms with Crippen molar-refractivity contribution in [2.45, 2.75) is 310 Å². The maximum Gasteiger partial charge on any atom is 0.138 e. The highest BCUT2D eigenvalue weighted by atomic mass is 16.1. The van der Waals surface area contributed by atoms with Crippen LogP contribution in [0.2, 0.25) is 0 Å². The third-order valence-electron chi connectivity index (χ3n) is 12.5. The van der Waals surface area contributed by atoms with Crippen molar-refractivity contribution in [1.82, 2.24) is 0 Å². The quantitative estimate of drug-likeness (QED) is 0.0570. The summed E-state index contributed by atoms with van der Waals surface area (Å²) >= 11 is 0. The Kier molecular flexibility index (Phi) is 44.8. The van der Waals surface area contributed by atoms with E-state index >= 15 is 0 Å². The molecule has 0 rings (SSSR count). The zero-order valence-electron chi connectivity index (χ0n) is 37.2. The summed E-state index contributed by atoms with van der Waals surface area (Å²) in [6.07, 6.45) is 62.3. The van der Waals surface area contributed by atoms with Crippen LogP contribution in [0.25, 0.3) is 0 Å². The molecule has 2 atom stereocenters. The molecule has 0 radical (unpaired) electrons. The minimum Gasteiger partial charge on any atom is -0.299 e. The predicted octanol–water partition coefficient (Wildman–Crippen LogP) is 19.0. The van der Waals surface area contributed by atoms with E-state index in [2.05, 4.69) is 27.7 Å². The van der Waals surface area contributed by atoms with E-state index in [9.17, 15) is 4.79 Å². The highest BCUT2D eigenvalue weighted by Gasteiger charge is 2.19. The Morgan fingerprint density at radius 1 is 0.250 bits per heavy atom. The van der Waals surface area contributed by atoms with Crippen molar-refractivity contribution in [2.24, 2.45) is 11.8 Å². The molecule has 0 aliphatic carbocycles. The molecule has 1 heteroatoms. The molecule has 0 bridgehead atoms. The third-order valence-corrected chi connectivity index (χ3v) is 12.5. The van der Waals surface area contributed by atoms with E-state index in [1.54, 1.807) is 0 Å². The van der Waals surface area contributed by atoms with Gasteiger partial charge in [-0.15, -0.1) is 0 Å². The lowest BCUT2D eigenvalue weighted by Crippen LogP contribution is -2.19. The fraction of sp³-hybridized carbons (Fsp3) is 0.980. The second kappa shape index (κ2) is 45.1. The molecule has 0 fully saturated rings. The molecule has 0 saturated heterocycles. The van der Waals surface area contributed by atoms with Gasteiger partial charge in [0.2, 0.25) is 0 Å². The fourth-order valence-electron chi connectivity index (χ4n) is 8.54. The summed E-state index contributed by atoms with van der Waals surface area (Å²) in [5, 5.41) is 0. The van der Waals surface area contributed by atoms with Crippen LogP contribution in [0.4, 0.5) is 0 Å². The molecule has 0 aromatic heterocycles. The predicted molar refractivity (Wildman–Crippen MR) is 238 cm³/mol. The molecule has 0 aromatic rings. The topological polar surface area (TPSA) is 17.1 Å². The van der Waals surface area contributed by atoms with Gasteiger partial charge in [-0.25, -0.2) is 0 Å². The third kappa shape index (κ3) is 40.8. The average molecular weight is 731 g/mol. The molecule has 2 unspecified atom stereocenters. The number of carbonyl (C=O) groups excluding carboxylic acids is 1. The summed E-state index contributed by atoms with van der Waals surface area (Å²) in [5.74, 6) is 1.08. The lowest BCUT2D eigenvalue weighted by Gasteiger charge is -2.16. The van der Waals surface area contributed by atoms with Gasteiger partial charge in [-0.2, -0.15) is 0 Å². The van der Waals surface area contributed by atoms with Crippen molar-refractivity contribution >= 4 is 5.78 Å². The summed E-state index contributed by atoms with van der Waals surface area (Å²) in [5.41, 5.74) is 0. The second-order valence-electron chi connectivity index (χ2n) is 17.9. The Hall–Kier alpha value is -0.330. The van der Waals surface area contributed by atoms with Gasteiger partial charge < -0.3 is 0 Å². The minimum absolute atomic E-state index is 0.269. The molecular weight excluding hydrogens is 629 g/mol. The Labute approximate surface area is 331 Å². The van der Waals surface area contributed by atoms with Crippen molar-refractivity contribution in [3.8, 4) is 0 Å². The number of rotatable bonds is 46. The minimum atomic E-state index is 0.269. The molecule has 0 aromatic carbocycles. The standard InChI is InChI=1S/C51H102O/c1-5-7-9-11-13-15-17-19-21-23-25-27-29-31-33-35-37-39-41-43-45-47-49(3)51(52)50(4)48-46-44-42-40-38-36-34-32-30-28-26-24-22-20-18-16-14-12-10-8-6-2/h49-50H,5-48H2,1-4H3. The van der Waals surface area contributed by atoms with Gasteiger partial charge in [0.05, 0.1) is 0 Å². The first-order valence-corrected chi connectivity index (χ1v) is 25.2. The van der Waals surface area contributed by atoms with Crippen LogP contribution in [0, 0.1) is 11.8 Å². The first kappa shape index (κ1) is 51.7. The summed E-state index contributed by atoms with van der Waals surface area (Å²) in [4.78, 5) is 12.9. The second-order valence-corrected chi connectivity index (χ2v) is 17.9. The van der Waals surface area contributed by atoms with Crippen molar-refractivity contribution in [1.29, 1.82) is 0 Å². The number of Topliss-reactive ketones (excluding diaryl/α,β-unsaturated/α-hetero) is 1. The Bertz CT molecular complexity index is 600. The zero-order chi connectivity index (χ0) is 37.8. The zero-order valence-corrected chi connectivity index (χ0v) is 37.2. The molecule has 0 saturated carbocycles. The number of ketones is 1. The number of unbranched alkanes of at least 4 members (excludes halogenated alkanes) is 40. The van der Waals surface area contributed by atoms with Crippen LogP contribution in [0.3, 0.4) is 0 Å². The van der Waals surface area contributed by atoms with Crippen molar-refractivity contribution < 1.29 is 4.79 Å². The smallest absolute Gasteiger partial charge is 0.138 e. The van der Waals surface area contributed by atoms with Crippen molar-refractivity contribution in [3.63, 3.8) is 0 Å². The van der Waals surface area contributed by atoms with Gasteiger partial charge in [0, 0.05) is 11.8 Å². The van der Waals surface area contributed by atoms with Gasteiger partial charge in [-0.3, -0.25) is 4.79 Å². The first-order valence-electron chi connectivity index (χ1n) is 25.2.